The Kier molecular flexibility index (Phi) is 6.37. The lowest BCUT2D eigenvalue weighted by Crippen LogP contribution is -2.28. The molecule has 1 N–H and O–H groups in total. The highest BCUT2D eigenvalue weighted by Gasteiger charge is 2.55. The monoisotopic (exact) mass is 533 g/mol. The maximum Gasteiger partial charge on any atom is 0.156 e. The molecule has 0 amide bonds. The van der Waals surface area contributed by atoms with Crippen molar-refractivity contribution in [2.45, 2.75) is 41.2 Å². The van der Waals surface area contributed by atoms with Gasteiger partial charge in [0.05, 0.1) is 16.9 Å². The fourth-order valence-corrected chi connectivity index (χ4v) is 6.27. The number of hydrogen-bond acceptors (Lipinski definition) is 5. The molecule has 3 unspecified atom stereocenters. The van der Waals surface area contributed by atoms with Crippen LogP contribution in [0.3, 0.4) is 0 Å². The molecule has 1 aromatic heterocycles. The highest BCUT2D eigenvalue weighted by Crippen LogP contribution is 2.60. The van der Waals surface area contributed by atoms with E-state index in [2.05, 4.69) is 17.1 Å². The van der Waals surface area contributed by atoms with Crippen molar-refractivity contribution in [2.75, 3.05) is 19.1 Å². The molecule has 0 saturated heterocycles. The van der Waals surface area contributed by atoms with Gasteiger partial charge in [-0.1, -0.05) is 42.5 Å². The zero-order chi connectivity index (χ0) is 26.6. The van der Waals surface area contributed by atoms with Gasteiger partial charge in [-0.3, -0.25) is 9.19 Å². The number of rotatable bonds is 7. The number of sulfone groups is 1. The molecule has 5 nitrogen and oxygen atoms in total. The maximum absolute atomic E-state index is 12.6. The van der Waals surface area contributed by atoms with Gasteiger partial charge in [-0.05, 0) is 78.8 Å². The third-order valence-electron chi connectivity index (χ3n) is 8.05. The fraction of sp³-hybridized carbons (Fsp3) is 0.300. The van der Waals surface area contributed by atoms with Crippen LogP contribution in [0.1, 0.15) is 42.9 Å². The molecular weight excluding hydrogens is 502 g/mol. The Balaban J connectivity index is 1.58. The Morgan fingerprint density at radius 3 is 2.43 bits per heavy atom. The number of pyridine rings is 1. The number of aromatic nitrogens is 1. The van der Waals surface area contributed by atoms with Gasteiger partial charge in [0.25, 0.3) is 0 Å². The van der Waals surface area contributed by atoms with E-state index in [0.29, 0.717) is 0 Å². The molecular formula is C30H31NO4S2. The molecule has 0 aliphatic heterocycles. The quantitative estimate of drug-likeness (QED) is 0.347. The molecule has 1 aliphatic rings. The predicted molar refractivity (Wildman–Crippen MR) is 150 cm³/mol. The third-order valence-corrected chi connectivity index (χ3v) is 11.1. The van der Waals surface area contributed by atoms with Crippen LogP contribution in [-0.2, 0) is 30.8 Å². The number of benzene rings is 3. The maximum atomic E-state index is 12.6. The second-order valence-electron chi connectivity index (χ2n) is 10.6. The summed E-state index contributed by atoms with van der Waals surface area (Å²) in [4.78, 5) is 5.40. The number of hydrogen-bond donors (Lipinski definition) is 1. The van der Waals surface area contributed by atoms with Crippen molar-refractivity contribution < 1.29 is 17.7 Å². The molecule has 7 heteroatoms. The average molecular weight is 534 g/mol. The van der Waals surface area contributed by atoms with Crippen LogP contribution >= 0.6 is 0 Å². The summed E-state index contributed by atoms with van der Waals surface area (Å²) in [5, 5.41) is 11.3. The predicted octanol–water partition coefficient (Wildman–Crippen LogP) is 5.34. The van der Waals surface area contributed by atoms with Gasteiger partial charge in [0.15, 0.2) is 9.84 Å². The summed E-state index contributed by atoms with van der Waals surface area (Å²) in [5.74, 6) is 0.144. The van der Waals surface area contributed by atoms with E-state index in [-0.39, 0.29) is 17.9 Å². The van der Waals surface area contributed by atoms with Crippen molar-refractivity contribution in [3.05, 3.63) is 95.7 Å². The molecule has 1 aliphatic carbocycles. The van der Waals surface area contributed by atoms with Crippen LogP contribution in [0.5, 0.6) is 0 Å². The lowest BCUT2D eigenvalue weighted by molar-refractivity contribution is 0.251. The summed E-state index contributed by atoms with van der Waals surface area (Å²) >= 11 is 0. The van der Waals surface area contributed by atoms with Gasteiger partial charge < -0.3 is 5.11 Å². The van der Waals surface area contributed by atoms with Crippen molar-refractivity contribution in [1.29, 1.82) is 0 Å². The molecule has 3 atom stereocenters. The molecule has 5 rings (SSSR count). The van der Waals surface area contributed by atoms with E-state index in [0.717, 1.165) is 50.0 Å². The minimum Gasteiger partial charge on any atom is -0.395 e. The Morgan fingerprint density at radius 1 is 1.05 bits per heavy atom. The Morgan fingerprint density at radius 2 is 1.78 bits per heavy atom. The minimum absolute atomic E-state index is 0.0268. The second kappa shape index (κ2) is 9.15. The van der Waals surface area contributed by atoms with Crippen LogP contribution in [0.2, 0.25) is 0 Å². The van der Waals surface area contributed by atoms with Crippen LogP contribution in [0.15, 0.2) is 83.9 Å². The smallest absolute Gasteiger partial charge is 0.156 e. The first kappa shape index (κ1) is 25.8. The number of fused-ring (bicyclic) bond motifs is 1. The Labute approximate surface area is 221 Å². The normalized spacial score (nSPS) is 20.6. The van der Waals surface area contributed by atoms with Gasteiger partial charge in [-0.15, -0.1) is 0 Å². The van der Waals surface area contributed by atoms with E-state index in [1.54, 1.807) is 26.3 Å². The minimum atomic E-state index is -3.36. The highest BCUT2D eigenvalue weighted by molar-refractivity contribution is 7.91. The van der Waals surface area contributed by atoms with Crippen LogP contribution in [0.25, 0.3) is 22.0 Å². The standard InChI is InChI=1S/C30H31NO4S2/c1-29(2,37(4,34)35)24-16-22-9-6-14-31-28(22)26(17-24)20-7-5-8-21(15-20)27-18-30(27,19-32)23-10-12-25(13-11-23)36(3)33/h5-17,27,32H,18-19H2,1-4H3. The Hall–Kier alpha value is -2.87. The highest BCUT2D eigenvalue weighted by atomic mass is 32.2. The summed E-state index contributed by atoms with van der Waals surface area (Å²) in [5.41, 5.74) is 5.18. The van der Waals surface area contributed by atoms with Gasteiger partial charge in [0.2, 0.25) is 0 Å². The van der Waals surface area contributed by atoms with Crippen molar-refractivity contribution in [3.8, 4) is 11.1 Å². The largest absolute Gasteiger partial charge is 0.395 e. The second-order valence-corrected chi connectivity index (χ2v) is 14.5. The summed E-state index contributed by atoms with van der Waals surface area (Å²) < 4.78 is 36.0. The first-order chi connectivity index (χ1) is 17.5. The molecule has 0 radical (unpaired) electrons. The molecule has 0 bridgehead atoms. The van der Waals surface area contributed by atoms with Gasteiger partial charge in [-0.25, -0.2) is 8.42 Å². The van der Waals surface area contributed by atoms with Crippen LogP contribution in [0.4, 0.5) is 0 Å². The zero-order valence-corrected chi connectivity index (χ0v) is 23.1. The number of aliphatic hydroxyl groups excluding tert-OH is 1. The van der Waals surface area contributed by atoms with Crippen molar-refractivity contribution in [1.82, 2.24) is 4.98 Å². The molecule has 1 fully saturated rings. The van der Waals surface area contributed by atoms with Gasteiger partial charge in [-0.2, -0.15) is 0 Å². The fourth-order valence-electron chi connectivity index (χ4n) is 5.20. The summed E-state index contributed by atoms with van der Waals surface area (Å²) in [6.45, 7) is 3.50. The molecule has 4 aromatic rings. The van der Waals surface area contributed by atoms with Crippen LogP contribution in [0, 0.1) is 0 Å². The van der Waals surface area contributed by atoms with E-state index in [4.69, 9.17) is 0 Å². The van der Waals surface area contributed by atoms with Crippen LogP contribution in [-0.4, -0.2) is 41.8 Å². The first-order valence-corrected chi connectivity index (χ1v) is 15.7. The summed E-state index contributed by atoms with van der Waals surface area (Å²) in [6, 6.07) is 23.7. The van der Waals surface area contributed by atoms with Gasteiger partial charge in [0, 0.05) is 50.8 Å². The lowest BCUT2D eigenvalue weighted by atomic mass is 9.89. The van der Waals surface area contributed by atoms with Crippen molar-refractivity contribution in [3.63, 3.8) is 0 Å². The topological polar surface area (TPSA) is 84.3 Å². The first-order valence-electron chi connectivity index (χ1n) is 12.2. The molecule has 0 spiro atoms. The van der Waals surface area contributed by atoms with Crippen LogP contribution < -0.4 is 0 Å². The average Bonchev–Trinajstić information content (AvgIpc) is 3.64. The number of nitrogens with zero attached hydrogens (tertiary/aromatic N) is 1. The van der Waals surface area contributed by atoms with E-state index >= 15 is 0 Å². The van der Waals surface area contributed by atoms with E-state index in [9.17, 15) is 17.7 Å². The summed E-state index contributed by atoms with van der Waals surface area (Å²) in [7, 11) is -4.41. The molecule has 1 heterocycles. The third kappa shape index (κ3) is 4.43. The SMILES string of the molecule is CS(=O)c1ccc(C2(CO)CC2c2cccc(-c3cc(C(C)(C)S(C)(=O)=O)cc4cccnc34)c2)cc1. The Bertz CT molecular complexity index is 1630. The molecule has 3 aromatic carbocycles. The molecule has 192 valence electrons. The number of aliphatic hydroxyl groups is 1. The van der Waals surface area contributed by atoms with Gasteiger partial charge >= 0.3 is 0 Å². The van der Waals surface area contributed by atoms with Crippen molar-refractivity contribution >= 4 is 31.5 Å². The zero-order valence-electron chi connectivity index (χ0n) is 21.4. The van der Waals surface area contributed by atoms with E-state index < -0.39 is 25.4 Å². The molecule has 1 saturated carbocycles. The summed E-state index contributed by atoms with van der Waals surface area (Å²) in [6.07, 6.45) is 5.50. The van der Waals surface area contributed by atoms with E-state index in [1.165, 1.54) is 6.26 Å². The lowest BCUT2D eigenvalue weighted by Gasteiger charge is -2.24. The van der Waals surface area contributed by atoms with Gasteiger partial charge in [0.1, 0.15) is 0 Å². The van der Waals surface area contributed by atoms with Crippen molar-refractivity contribution in [2.24, 2.45) is 0 Å². The van der Waals surface area contributed by atoms with E-state index in [1.807, 2.05) is 60.7 Å². The molecule has 37 heavy (non-hydrogen) atoms.